The molecule has 0 radical (unpaired) electrons. The van der Waals surface area contributed by atoms with Crippen LogP contribution >= 0.6 is 0 Å². The van der Waals surface area contributed by atoms with Crippen LogP contribution < -0.4 is 10.2 Å². The second-order valence-corrected chi connectivity index (χ2v) is 10.9. The van der Waals surface area contributed by atoms with Gasteiger partial charge in [-0.15, -0.1) is 0 Å². The third kappa shape index (κ3) is 4.68. The first-order valence-electron chi connectivity index (χ1n) is 9.86. The summed E-state index contributed by atoms with van der Waals surface area (Å²) in [5.41, 5.74) is 1.36. The third-order valence-corrected chi connectivity index (χ3v) is 7.37. The summed E-state index contributed by atoms with van der Waals surface area (Å²) in [4.78, 5) is 0. The predicted octanol–water partition coefficient (Wildman–Crippen LogP) is 4.02. The quantitative estimate of drug-likeness (QED) is 0.666. The lowest BCUT2D eigenvalue weighted by atomic mass is 9.77. The second kappa shape index (κ2) is 7.78. The van der Waals surface area contributed by atoms with Gasteiger partial charge < -0.3 is 14.0 Å². The van der Waals surface area contributed by atoms with Crippen molar-refractivity contribution in [1.82, 2.24) is 0 Å². The molecule has 1 aliphatic heterocycles. The van der Waals surface area contributed by atoms with Gasteiger partial charge >= 0.3 is 7.12 Å². The molecule has 0 saturated carbocycles. The Balaban J connectivity index is 2.03. The van der Waals surface area contributed by atoms with Crippen LogP contribution in [-0.4, -0.2) is 32.5 Å². The van der Waals surface area contributed by atoms with E-state index in [1.165, 1.54) is 0 Å². The van der Waals surface area contributed by atoms with Gasteiger partial charge in [-0.25, -0.2) is 8.42 Å². The monoisotopic (exact) mass is 416 g/mol. The maximum Gasteiger partial charge on any atom is 0.498 e. The molecule has 0 aromatic heterocycles. The number of rotatable bonds is 6. The molecule has 3 rings (SSSR count). The molecule has 1 saturated heterocycles. The van der Waals surface area contributed by atoms with Gasteiger partial charge in [0.1, 0.15) is 11.5 Å². The van der Waals surface area contributed by atoms with E-state index in [0.717, 1.165) is 11.3 Å². The lowest BCUT2D eigenvalue weighted by molar-refractivity contribution is 0.00578. The van der Waals surface area contributed by atoms with E-state index in [1.807, 2.05) is 65.0 Å². The first-order valence-corrected chi connectivity index (χ1v) is 11.7. The van der Waals surface area contributed by atoms with Gasteiger partial charge in [-0.05, 0) is 57.9 Å². The number of hydrogen-bond donors (Lipinski definition) is 0. The highest BCUT2D eigenvalue weighted by atomic mass is 32.2. The fourth-order valence-electron chi connectivity index (χ4n) is 3.08. The van der Waals surface area contributed by atoms with Crippen molar-refractivity contribution in [3.05, 3.63) is 53.6 Å². The SMILES string of the molecule is CCS(=O)(=O)Cc1ccc(Oc2ccccc2C)c(B2OC(C)(C)C(C)(C)O2)c1. The summed E-state index contributed by atoms with van der Waals surface area (Å²) >= 11 is 0. The van der Waals surface area contributed by atoms with Crippen molar-refractivity contribution >= 4 is 22.4 Å². The number of para-hydroxylation sites is 1. The number of ether oxygens (including phenoxy) is 1. The Hall–Kier alpha value is -1.83. The molecule has 0 atom stereocenters. The van der Waals surface area contributed by atoms with Gasteiger partial charge in [-0.2, -0.15) is 0 Å². The first kappa shape index (κ1) is 21.9. The maximum atomic E-state index is 12.1. The van der Waals surface area contributed by atoms with Gasteiger partial charge in [0.25, 0.3) is 0 Å². The summed E-state index contributed by atoms with van der Waals surface area (Å²) in [5.74, 6) is 1.40. The summed E-state index contributed by atoms with van der Waals surface area (Å²) in [6.45, 7) is 11.6. The number of sulfone groups is 1. The fraction of sp³-hybridized carbons (Fsp3) is 0.455. The largest absolute Gasteiger partial charge is 0.498 e. The van der Waals surface area contributed by atoms with Crippen LogP contribution in [0, 0.1) is 6.92 Å². The van der Waals surface area contributed by atoms with E-state index >= 15 is 0 Å². The minimum atomic E-state index is -3.16. The van der Waals surface area contributed by atoms with Crippen molar-refractivity contribution in [2.75, 3.05) is 5.75 Å². The molecule has 1 aliphatic rings. The molecule has 0 N–H and O–H groups in total. The summed E-state index contributed by atoms with van der Waals surface area (Å²) in [7, 11) is -3.81. The standard InChI is InChI=1S/C22H29BO5S/c1-7-29(24,25)15-17-12-13-20(26-19-11-9-8-10-16(19)2)18(14-17)23-27-21(3,4)22(5,6)28-23/h8-14H,7,15H2,1-6H3. The molecule has 29 heavy (non-hydrogen) atoms. The molecular weight excluding hydrogens is 387 g/mol. The molecule has 0 unspecified atom stereocenters. The van der Waals surface area contributed by atoms with Crippen molar-refractivity contribution in [3.63, 3.8) is 0 Å². The number of benzene rings is 2. The molecule has 5 nitrogen and oxygen atoms in total. The molecule has 156 valence electrons. The van der Waals surface area contributed by atoms with E-state index in [0.29, 0.717) is 16.8 Å². The lowest BCUT2D eigenvalue weighted by Gasteiger charge is -2.32. The normalized spacial score (nSPS) is 18.1. The zero-order chi connectivity index (χ0) is 21.4. The van der Waals surface area contributed by atoms with E-state index < -0.39 is 28.2 Å². The summed E-state index contributed by atoms with van der Waals surface area (Å²) < 4.78 is 42.9. The molecule has 0 bridgehead atoms. The number of aryl methyl sites for hydroxylation is 1. The van der Waals surface area contributed by atoms with Crippen LogP contribution in [0.2, 0.25) is 0 Å². The Labute approximate surface area is 174 Å². The van der Waals surface area contributed by atoms with Gasteiger partial charge in [0.2, 0.25) is 0 Å². The van der Waals surface area contributed by atoms with Crippen molar-refractivity contribution in [1.29, 1.82) is 0 Å². The van der Waals surface area contributed by atoms with Crippen LogP contribution in [0.1, 0.15) is 45.7 Å². The van der Waals surface area contributed by atoms with Crippen LogP contribution in [0.25, 0.3) is 0 Å². The fourth-order valence-corrected chi connectivity index (χ4v) is 3.97. The highest BCUT2D eigenvalue weighted by Crippen LogP contribution is 2.37. The van der Waals surface area contributed by atoms with Crippen molar-refractivity contribution < 1.29 is 22.5 Å². The smallest absolute Gasteiger partial charge is 0.457 e. The average molecular weight is 416 g/mol. The average Bonchev–Trinajstić information content (AvgIpc) is 2.85. The zero-order valence-electron chi connectivity index (χ0n) is 18.0. The molecular formula is C22H29BO5S. The predicted molar refractivity (Wildman–Crippen MR) is 117 cm³/mol. The zero-order valence-corrected chi connectivity index (χ0v) is 18.8. The van der Waals surface area contributed by atoms with Gasteiger partial charge in [-0.3, -0.25) is 0 Å². The van der Waals surface area contributed by atoms with Gasteiger partial charge in [-0.1, -0.05) is 37.3 Å². The third-order valence-electron chi connectivity index (χ3n) is 5.72. The van der Waals surface area contributed by atoms with Gasteiger partial charge in [0.15, 0.2) is 9.84 Å². The Kier molecular flexibility index (Phi) is 5.87. The van der Waals surface area contributed by atoms with E-state index in [9.17, 15) is 8.42 Å². The van der Waals surface area contributed by atoms with E-state index in [-0.39, 0.29) is 11.5 Å². The Bertz CT molecular complexity index is 982. The lowest BCUT2D eigenvalue weighted by Crippen LogP contribution is -2.41. The summed E-state index contributed by atoms with van der Waals surface area (Å²) in [6, 6.07) is 13.2. The maximum absolute atomic E-state index is 12.1. The molecule has 1 fully saturated rings. The van der Waals surface area contributed by atoms with Crippen LogP contribution in [0.3, 0.4) is 0 Å². The highest BCUT2D eigenvalue weighted by molar-refractivity contribution is 7.90. The van der Waals surface area contributed by atoms with Crippen LogP contribution in [0.15, 0.2) is 42.5 Å². The van der Waals surface area contributed by atoms with Crippen molar-refractivity contribution in [2.24, 2.45) is 0 Å². The van der Waals surface area contributed by atoms with E-state index in [2.05, 4.69) is 0 Å². The second-order valence-electron chi connectivity index (χ2n) is 8.50. The molecule has 0 aliphatic carbocycles. The topological polar surface area (TPSA) is 61.8 Å². The van der Waals surface area contributed by atoms with Crippen LogP contribution in [0.5, 0.6) is 11.5 Å². The van der Waals surface area contributed by atoms with Gasteiger partial charge in [0, 0.05) is 11.2 Å². The highest BCUT2D eigenvalue weighted by Gasteiger charge is 2.52. The summed E-state index contributed by atoms with van der Waals surface area (Å²) in [6.07, 6.45) is 0. The molecule has 0 amide bonds. The molecule has 7 heteroatoms. The Morgan fingerprint density at radius 1 is 0.966 bits per heavy atom. The van der Waals surface area contributed by atoms with Gasteiger partial charge in [0.05, 0.1) is 17.0 Å². The Morgan fingerprint density at radius 2 is 1.59 bits per heavy atom. The van der Waals surface area contributed by atoms with Crippen LogP contribution in [0.4, 0.5) is 0 Å². The van der Waals surface area contributed by atoms with Crippen molar-refractivity contribution in [3.8, 4) is 11.5 Å². The molecule has 2 aromatic rings. The molecule has 2 aromatic carbocycles. The minimum absolute atomic E-state index is 0.0271. The molecule has 1 heterocycles. The van der Waals surface area contributed by atoms with Crippen molar-refractivity contribution in [2.45, 2.75) is 58.5 Å². The van der Waals surface area contributed by atoms with E-state index in [1.54, 1.807) is 19.1 Å². The number of hydrogen-bond acceptors (Lipinski definition) is 5. The van der Waals surface area contributed by atoms with E-state index in [4.69, 9.17) is 14.0 Å². The minimum Gasteiger partial charge on any atom is -0.457 e. The summed E-state index contributed by atoms with van der Waals surface area (Å²) in [5, 5.41) is 0. The Morgan fingerprint density at radius 3 is 2.17 bits per heavy atom. The first-order chi connectivity index (χ1) is 13.4. The van der Waals surface area contributed by atoms with Crippen LogP contribution in [-0.2, 0) is 24.9 Å². The molecule has 0 spiro atoms.